The summed E-state index contributed by atoms with van der Waals surface area (Å²) in [6, 6.07) is 8.57. The number of hydrogen-bond acceptors (Lipinski definition) is 3. The van der Waals surface area contributed by atoms with Crippen LogP contribution < -0.4 is 15.0 Å². The number of alkyl halides is 2. The minimum atomic E-state index is -2.65. The third-order valence-corrected chi connectivity index (χ3v) is 6.11. The lowest BCUT2D eigenvalue weighted by Crippen LogP contribution is -2.45. The van der Waals surface area contributed by atoms with Crippen LogP contribution in [0.5, 0.6) is 5.75 Å². The summed E-state index contributed by atoms with van der Waals surface area (Å²) in [6.45, 7) is 7.25. The molecule has 31 heavy (non-hydrogen) atoms. The largest absolute Gasteiger partial charge is 0.491 e. The Morgan fingerprint density at radius 2 is 1.84 bits per heavy atom. The van der Waals surface area contributed by atoms with Crippen molar-refractivity contribution in [2.75, 3.05) is 23.4 Å². The van der Waals surface area contributed by atoms with Gasteiger partial charge in [0.1, 0.15) is 18.2 Å². The van der Waals surface area contributed by atoms with E-state index in [2.05, 4.69) is 10.2 Å². The van der Waals surface area contributed by atoms with Gasteiger partial charge in [0.25, 0.3) is 0 Å². The summed E-state index contributed by atoms with van der Waals surface area (Å²) in [5.74, 6) is -2.64. The molecule has 1 aliphatic heterocycles. The van der Waals surface area contributed by atoms with Crippen LogP contribution in [0.15, 0.2) is 30.3 Å². The van der Waals surface area contributed by atoms with Gasteiger partial charge in [-0.3, -0.25) is 4.79 Å². The number of amides is 1. The van der Waals surface area contributed by atoms with E-state index in [0.717, 1.165) is 28.1 Å². The van der Waals surface area contributed by atoms with Crippen molar-refractivity contribution in [3.63, 3.8) is 0 Å². The number of fused-ring (bicyclic) bond motifs is 1. The van der Waals surface area contributed by atoms with E-state index in [-0.39, 0.29) is 31.0 Å². The summed E-state index contributed by atoms with van der Waals surface area (Å²) in [4.78, 5) is 14.7. The molecule has 0 bridgehead atoms. The molecule has 2 aromatic rings. The van der Waals surface area contributed by atoms with Crippen LogP contribution in [0.4, 0.5) is 24.5 Å². The fourth-order valence-electron chi connectivity index (χ4n) is 4.78. The van der Waals surface area contributed by atoms with Crippen molar-refractivity contribution >= 4 is 17.3 Å². The Bertz CT molecular complexity index is 991. The molecule has 1 aliphatic carbocycles. The van der Waals surface area contributed by atoms with Crippen LogP contribution in [0.2, 0.25) is 0 Å². The van der Waals surface area contributed by atoms with E-state index in [9.17, 15) is 18.0 Å². The first-order valence-electron chi connectivity index (χ1n) is 10.5. The monoisotopic (exact) mass is 432 g/mol. The fraction of sp³-hybridized carbons (Fsp3) is 0.458. The number of nitrogens with zero attached hydrogens (tertiary/aromatic N) is 1. The van der Waals surface area contributed by atoms with Crippen molar-refractivity contribution in [2.24, 2.45) is 5.41 Å². The number of carbonyl (C=O) groups is 1. The molecule has 7 heteroatoms. The van der Waals surface area contributed by atoms with Gasteiger partial charge in [-0.2, -0.15) is 0 Å². The Morgan fingerprint density at radius 3 is 2.48 bits per heavy atom. The van der Waals surface area contributed by atoms with Crippen LogP contribution in [0.1, 0.15) is 42.9 Å². The maximum atomic E-state index is 13.5. The number of rotatable bonds is 4. The summed E-state index contributed by atoms with van der Waals surface area (Å²) >= 11 is 0. The molecule has 1 heterocycles. The second-order valence-electron chi connectivity index (χ2n) is 9.22. The summed E-state index contributed by atoms with van der Waals surface area (Å²) < 4.78 is 45.7. The van der Waals surface area contributed by atoms with Gasteiger partial charge in [-0.05, 0) is 48.6 Å². The molecule has 1 N–H and O–H groups in total. The molecule has 1 amide bonds. The second-order valence-corrected chi connectivity index (χ2v) is 9.22. The molecule has 0 atom stereocenters. The van der Waals surface area contributed by atoms with E-state index in [4.69, 9.17) is 4.74 Å². The summed E-state index contributed by atoms with van der Waals surface area (Å²) in [7, 11) is 0. The molecule has 0 radical (unpaired) electrons. The Kier molecular flexibility index (Phi) is 5.40. The lowest BCUT2D eigenvalue weighted by molar-refractivity contribution is -0.160. The molecule has 2 aromatic carbocycles. The molecular formula is C24H27F3N2O2. The molecule has 1 fully saturated rings. The number of anilines is 2. The lowest BCUT2D eigenvalue weighted by Gasteiger charge is -2.44. The lowest BCUT2D eigenvalue weighted by atomic mass is 9.65. The topological polar surface area (TPSA) is 41.6 Å². The zero-order valence-corrected chi connectivity index (χ0v) is 18.0. The molecule has 1 saturated carbocycles. The zero-order chi connectivity index (χ0) is 22.4. The average Bonchev–Trinajstić information content (AvgIpc) is 2.84. The van der Waals surface area contributed by atoms with Crippen LogP contribution in [-0.2, 0) is 11.3 Å². The van der Waals surface area contributed by atoms with E-state index in [1.54, 1.807) is 13.0 Å². The summed E-state index contributed by atoms with van der Waals surface area (Å²) in [5, 5.41) is 2.93. The predicted molar refractivity (Wildman–Crippen MR) is 114 cm³/mol. The van der Waals surface area contributed by atoms with Gasteiger partial charge in [-0.25, -0.2) is 13.2 Å². The SMILES string of the molecule is Cc1cc(N2CCOc3cc(F)ccc3C2)cc(C)c1NC(=O)CC1(C)CC(F)(F)C1. The van der Waals surface area contributed by atoms with Crippen molar-refractivity contribution in [1.82, 2.24) is 0 Å². The number of nitrogens with one attached hydrogen (secondary N) is 1. The maximum Gasteiger partial charge on any atom is 0.249 e. The van der Waals surface area contributed by atoms with E-state index in [0.29, 0.717) is 25.4 Å². The highest BCUT2D eigenvalue weighted by atomic mass is 19.3. The minimum absolute atomic E-state index is 0.0834. The molecule has 4 nitrogen and oxygen atoms in total. The van der Waals surface area contributed by atoms with Crippen LogP contribution in [0.3, 0.4) is 0 Å². The maximum absolute atomic E-state index is 13.5. The van der Waals surface area contributed by atoms with Gasteiger partial charge in [0, 0.05) is 48.8 Å². The normalized spacial score (nSPS) is 19.0. The molecule has 0 aromatic heterocycles. The van der Waals surface area contributed by atoms with Crippen LogP contribution in [0, 0.1) is 25.1 Å². The average molecular weight is 432 g/mol. The third kappa shape index (κ3) is 4.65. The summed E-state index contributed by atoms with van der Waals surface area (Å²) in [6.07, 6.45) is -0.403. The Labute approximate surface area is 180 Å². The standard InChI is InChI=1S/C24H27F3N2O2/c1-15-8-19(29-6-7-31-20-10-18(25)5-4-17(20)12-29)9-16(2)22(15)28-21(30)11-23(3)13-24(26,27)14-23/h4-5,8-10H,6-7,11-14H2,1-3H3,(H,28,30). The number of aryl methyl sites for hydroxylation is 2. The smallest absolute Gasteiger partial charge is 0.249 e. The molecule has 4 rings (SSSR count). The number of halogens is 3. The van der Waals surface area contributed by atoms with Crippen molar-refractivity contribution < 1.29 is 22.7 Å². The molecule has 166 valence electrons. The number of hydrogen-bond donors (Lipinski definition) is 1. The fourth-order valence-corrected chi connectivity index (χ4v) is 4.78. The van der Waals surface area contributed by atoms with Gasteiger partial charge >= 0.3 is 0 Å². The molecule has 0 unspecified atom stereocenters. The van der Waals surface area contributed by atoms with Crippen molar-refractivity contribution in [3.8, 4) is 5.75 Å². The Morgan fingerprint density at radius 1 is 1.16 bits per heavy atom. The van der Waals surface area contributed by atoms with E-state index >= 15 is 0 Å². The van der Waals surface area contributed by atoms with Gasteiger partial charge in [0.05, 0.1) is 6.54 Å². The highest BCUT2D eigenvalue weighted by Gasteiger charge is 2.54. The first-order chi connectivity index (χ1) is 14.5. The Hall–Kier alpha value is -2.70. The van der Waals surface area contributed by atoms with Gasteiger partial charge in [-0.15, -0.1) is 0 Å². The molecule has 2 aliphatic rings. The molecular weight excluding hydrogens is 405 g/mol. The van der Waals surface area contributed by atoms with E-state index in [1.807, 2.05) is 26.0 Å². The third-order valence-electron chi connectivity index (χ3n) is 6.11. The van der Waals surface area contributed by atoms with Crippen molar-refractivity contribution in [2.45, 2.75) is 52.5 Å². The van der Waals surface area contributed by atoms with Crippen LogP contribution in [0.25, 0.3) is 0 Å². The Balaban J connectivity index is 1.48. The number of benzene rings is 2. The van der Waals surface area contributed by atoms with Gasteiger partial charge in [0.2, 0.25) is 11.8 Å². The number of carbonyl (C=O) groups excluding carboxylic acids is 1. The van der Waals surface area contributed by atoms with Crippen molar-refractivity contribution in [3.05, 3.63) is 52.8 Å². The van der Waals surface area contributed by atoms with Gasteiger partial charge < -0.3 is 15.0 Å². The zero-order valence-electron chi connectivity index (χ0n) is 18.0. The van der Waals surface area contributed by atoms with Gasteiger partial charge in [-0.1, -0.05) is 13.0 Å². The second kappa shape index (κ2) is 7.77. The van der Waals surface area contributed by atoms with E-state index in [1.165, 1.54) is 12.1 Å². The quantitative estimate of drug-likeness (QED) is 0.683. The highest BCUT2D eigenvalue weighted by Crippen LogP contribution is 2.53. The predicted octanol–water partition coefficient (Wildman–Crippen LogP) is 5.61. The van der Waals surface area contributed by atoms with Crippen LogP contribution in [-0.4, -0.2) is 25.0 Å². The van der Waals surface area contributed by atoms with Gasteiger partial charge in [0.15, 0.2) is 0 Å². The minimum Gasteiger partial charge on any atom is -0.491 e. The molecule has 0 saturated heterocycles. The number of ether oxygens (including phenoxy) is 1. The van der Waals surface area contributed by atoms with Crippen molar-refractivity contribution in [1.29, 1.82) is 0 Å². The molecule has 0 spiro atoms. The summed E-state index contributed by atoms with van der Waals surface area (Å²) in [5.41, 5.74) is 3.77. The first kappa shape index (κ1) is 21.5. The highest BCUT2D eigenvalue weighted by molar-refractivity contribution is 5.93. The first-order valence-corrected chi connectivity index (χ1v) is 10.5. The van der Waals surface area contributed by atoms with Crippen LogP contribution >= 0.6 is 0 Å². The van der Waals surface area contributed by atoms with E-state index < -0.39 is 11.3 Å².